The summed E-state index contributed by atoms with van der Waals surface area (Å²) in [6, 6.07) is 1.74. The molecule has 1 rings (SSSR count). The highest BCUT2D eigenvalue weighted by molar-refractivity contribution is 5.92. The van der Waals surface area contributed by atoms with E-state index in [0.29, 0.717) is 18.7 Å². The van der Waals surface area contributed by atoms with Crippen LogP contribution in [-0.4, -0.2) is 33.3 Å². The second-order valence-corrected chi connectivity index (χ2v) is 5.86. The highest BCUT2D eigenvalue weighted by Gasteiger charge is 2.20. The molecule has 0 atom stereocenters. The Hall–Kier alpha value is -1.85. The minimum absolute atomic E-state index is 0.103. The van der Waals surface area contributed by atoms with Crippen molar-refractivity contribution in [2.45, 2.75) is 40.0 Å². The molecule has 2 N–H and O–H groups in total. The number of carboxylic acids is 1. The Balaban J connectivity index is 2.42. The monoisotopic (exact) mass is 281 g/mol. The molecule has 0 bridgehead atoms. The van der Waals surface area contributed by atoms with Gasteiger partial charge in [-0.25, -0.2) is 0 Å². The summed E-state index contributed by atoms with van der Waals surface area (Å²) in [6.07, 6.45) is 1.49. The topological polar surface area (TPSA) is 84.2 Å². The number of carbonyl (C=O) groups excluding carboxylic acids is 1. The zero-order chi connectivity index (χ0) is 15.3. The molecule has 0 radical (unpaired) electrons. The molecule has 0 aromatic carbocycles. The molecule has 0 aliphatic heterocycles. The molecule has 0 saturated heterocycles. The van der Waals surface area contributed by atoms with Crippen LogP contribution in [0.3, 0.4) is 0 Å². The Morgan fingerprint density at radius 1 is 1.40 bits per heavy atom. The van der Waals surface area contributed by atoms with Gasteiger partial charge in [-0.1, -0.05) is 13.8 Å². The molecule has 6 heteroatoms. The van der Waals surface area contributed by atoms with Crippen molar-refractivity contribution < 1.29 is 14.7 Å². The number of hydrogen-bond donors (Lipinski definition) is 2. The van der Waals surface area contributed by atoms with Crippen LogP contribution in [0.2, 0.25) is 0 Å². The standard InChI is InChI=1S/C14H23N3O3/c1-10-9-11(17(4)16-10)13(20)15-8-7-14(2,3)6-5-12(18)19/h9H,5-8H2,1-4H3,(H,15,20)(H,18,19). The largest absolute Gasteiger partial charge is 0.481 e. The van der Waals surface area contributed by atoms with Gasteiger partial charge in [-0.15, -0.1) is 0 Å². The fourth-order valence-electron chi connectivity index (χ4n) is 2.00. The lowest BCUT2D eigenvalue weighted by Gasteiger charge is -2.23. The van der Waals surface area contributed by atoms with Gasteiger partial charge < -0.3 is 10.4 Å². The molecular weight excluding hydrogens is 258 g/mol. The van der Waals surface area contributed by atoms with E-state index in [4.69, 9.17) is 5.11 Å². The molecule has 112 valence electrons. The van der Waals surface area contributed by atoms with Crippen molar-refractivity contribution in [2.75, 3.05) is 6.54 Å². The van der Waals surface area contributed by atoms with Gasteiger partial charge in [0.05, 0.1) is 5.69 Å². The molecule has 6 nitrogen and oxygen atoms in total. The first-order chi connectivity index (χ1) is 9.21. The van der Waals surface area contributed by atoms with Crippen molar-refractivity contribution in [1.82, 2.24) is 15.1 Å². The molecule has 20 heavy (non-hydrogen) atoms. The summed E-state index contributed by atoms with van der Waals surface area (Å²) >= 11 is 0. The van der Waals surface area contributed by atoms with Crippen molar-refractivity contribution in [3.8, 4) is 0 Å². The molecule has 1 heterocycles. The summed E-state index contributed by atoms with van der Waals surface area (Å²) in [6.45, 7) is 6.38. The number of carbonyl (C=O) groups is 2. The van der Waals surface area contributed by atoms with Crippen molar-refractivity contribution >= 4 is 11.9 Å². The van der Waals surface area contributed by atoms with Gasteiger partial charge >= 0.3 is 5.97 Å². The van der Waals surface area contributed by atoms with E-state index in [1.165, 1.54) is 0 Å². The maximum atomic E-state index is 12.0. The third kappa shape index (κ3) is 5.03. The molecule has 0 spiro atoms. The number of hydrogen-bond acceptors (Lipinski definition) is 3. The summed E-state index contributed by atoms with van der Waals surface area (Å²) in [7, 11) is 1.73. The fraction of sp³-hybridized carbons (Fsp3) is 0.643. The van der Waals surface area contributed by atoms with Crippen LogP contribution in [0.15, 0.2) is 6.07 Å². The van der Waals surface area contributed by atoms with Crippen LogP contribution < -0.4 is 5.32 Å². The number of rotatable bonds is 7. The normalized spacial score (nSPS) is 11.4. The van der Waals surface area contributed by atoms with E-state index in [0.717, 1.165) is 12.1 Å². The fourth-order valence-corrected chi connectivity index (χ4v) is 2.00. The van der Waals surface area contributed by atoms with Crippen LogP contribution in [0.4, 0.5) is 0 Å². The highest BCUT2D eigenvalue weighted by atomic mass is 16.4. The molecule has 0 saturated carbocycles. The van der Waals surface area contributed by atoms with E-state index >= 15 is 0 Å². The zero-order valence-electron chi connectivity index (χ0n) is 12.6. The Morgan fingerprint density at radius 2 is 2.05 bits per heavy atom. The summed E-state index contributed by atoms with van der Waals surface area (Å²) in [5, 5.41) is 15.7. The van der Waals surface area contributed by atoms with Crippen molar-refractivity contribution in [2.24, 2.45) is 12.5 Å². The minimum Gasteiger partial charge on any atom is -0.481 e. The molecule has 1 amide bonds. The average Bonchev–Trinajstić information content (AvgIpc) is 2.66. The van der Waals surface area contributed by atoms with Crippen LogP contribution in [0.25, 0.3) is 0 Å². The Bertz CT molecular complexity index is 492. The summed E-state index contributed by atoms with van der Waals surface area (Å²) in [5.74, 6) is -0.936. The zero-order valence-corrected chi connectivity index (χ0v) is 12.6. The number of amides is 1. The van der Waals surface area contributed by atoms with E-state index in [1.807, 2.05) is 20.8 Å². The van der Waals surface area contributed by atoms with Crippen molar-refractivity contribution in [1.29, 1.82) is 0 Å². The Morgan fingerprint density at radius 3 is 2.55 bits per heavy atom. The van der Waals surface area contributed by atoms with Gasteiger partial charge in [-0.3, -0.25) is 14.3 Å². The highest BCUT2D eigenvalue weighted by Crippen LogP contribution is 2.26. The molecule has 0 aliphatic carbocycles. The number of aromatic nitrogens is 2. The molecule has 1 aromatic heterocycles. The van der Waals surface area contributed by atoms with Gasteiger partial charge in [0, 0.05) is 20.0 Å². The van der Waals surface area contributed by atoms with Crippen LogP contribution in [0.1, 0.15) is 49.3 Å². The second kappa shape index (κ2) is 6.54. The molecule has 0 aliphatic rings. The van der Waals surface area contributed by atoms with E-state index < -0.39 is 5.97 Å². The number of nitrogens with zero attached hydrogens (tertiary/aromatic N) is 2. The molecule has 1 aromatic rings. The first kappa shape index (κ1) is 16.2. The van der Waals surface area contributed by atoms with Gasteiger partial charge in [-0.05, 0) is 31.2 Å². The smallest absolute Gasteiger partial charge is 0.303 e. The average molecular weight is 281 g/mol. The quantitative estimate of drug-likeness (QED) is 0.797. The first-order valence-corrected chi connectivity index (χ1v) is 6.72. The molecule has 0 fully saturated rings. The maximum absolute atomic E-state index is 12.0. The van der Waals surface area contributed by atoms with Gasteiger partial charge in [-0.2, -0.15) is 5.10 Å². The van der Waals surface area contributed by atoms with Crippen molar-refractivity contribution in [3.05, 3.63) is 17.5 Å². The van der Waals surface area contributed by atoms with Crippen LogP contribution in [-0.2, 0) is 11.8 Å². The third-order valence-corrected chi connectivity index (χ3v) is 3.34. The summed E-state index contributed by atoms with van der Waals surface area (Å²) in [4.78, 5) is 22.5. The minimum atomic E-state index is -0.785. The summed E-state index contributed by atoms with van der Waals surface area (Å²) < 4.78 is 1.56. The van der Waals surface area contributed by atoms with E-state index in [1.54, 1.807) is 17.8 Å². The predicted molar refractivity (Wildman–Crippen MR) is 75.5 cm³/mol. The van der Waals surface area contributed by atoms with E-state index in [2.05, 4.69) is 10.4 Å². The number of nitrogens with one attached hydrogen (secondary N) is 1. The first-order valence-electron chi connectivity index (χ1n) is 6.72. The number of aryl methyl sites for hydroxylation is 2. The molecule has 0 unspecified atom stereocenters. The van der Waals surface area contributed by atoms with Crippen LogP contribution >= 0.6 is 0 Å². The Labute approximate surface area is 119 Å². The lowest BCUT2D eigenvalue weighted by atomic mass is 9.84. The maximum Gasteiger partial charge on any atom is 0.303 e. The van der Waals surface area contributed by atoms with Gasteiger partial charge in [0.2, 0.25) is 0 Å². The van der Waals surface area contributed by atoms with Gasteiger partial charge in [0.25, 0.3) is 5.91 Å². The third-order valence-electron chi connectivity index (χ3n) is 3.34. The number of aliphatic carboxylic acids is 1. The number of carboxylic acid groups (broad SMARTS) is 1. The van der Waals surface area contributed by atoms with E-state index in [9.17, 15) is 9.59 Å². The summed E-state index contributed by atoms with van der Waals surface area (Å²) in [5.41, 5.74) is 1.24. The molecular formula is C14H23N3O3. The van der Waals surface area contributed by atoms with Crippen LogP contribution in [0.5, 0.6) is 0 Å². The van der Waals surface area contributed by atoms with Crippen molar-refractivity contribution in [3.63, 3.8) is 0 Å². The van der Waals surface area contributed by atoms with Crippen LogP contribution in [0, 0.1) is 12.3 Å². The van der Waals surface area contributed by atoms with Gasteiger partial charge in [0.1, 0.15) is 5.69 Å². The lowest BCUT2D eigenvalue weighted by molar-refractivity contribution is -0.137. The predicted octanol–water partition coefficient (Wildman–Crippen LogP) is 1.74. The second-order valence-electron chi connectivity index (χ2n) is 5.86. The van der Waals surface area contributed by atoms with Gasteiger partial charge in [0.15, 0.2) is 0 Å². The van der Waals surface area contributed by atoms with E-state index in [-0.39, 0.29) is 17.7 Å². The lowest BCUT2D eigenvalue weighted by Crippen LogP contribution is -2.29. The Kier molecular flexibility index (Phi) is 5.30. The SMILES string of the molecule is Cc1cc(C(=O)NCCC(C)(C)CCC(=O)O)n(C)n1.